The number of halogens is 1. The first kappa shape index (κ1) is 17.2. The maximum Gasteiger partial charge on any atom is 0.222 e. The first-order valence-corrected chi connectivity index (χ1v) is 9.08. The van der Waals surface area contributed by atoms with Gasteiger partial charge in [0.05, 0.1) is 5.52 Å². The van der Waals surface area contributed by atoms with E-state index in [1.165, 1.54) is 0 Å². The van der Waals surface area contributed by atoms with Crippen LogP contribution in [0.15, 0.2) is 71.2 Å². The number of carbonyl (C=O) groups is 1. The number of nitrogen functional groups attached to an aromatic ring is 1. The van der Waals surface area contributed by atoms with Crippen LogP contribution in [0, 0.1) is 0 Å². The second-order valence-corrected chi connectivity index (χ2v) is 6.92. The quantitative estimate of drug-likeness (QED) is 0.445. The molecule has 0 fully saturated rings. The molecule has 4 aromatic rings. The molecule has 27 heavy (non-hydrogen) atoms. The van der Waals surface area contributed by atoms with Crippen molar-refractivity contribution in [1.29, 1.82) is 0 Å². The molecule has 3 aromatic carbocycles. The van der Waals surface area contributed by atoms with Crippen LogP contribution >= 0.6 is 15.9 Å². The van der Waals surface area contributed by atoms with Crippen molar-refractivity contribution in [2.24, 2.45) is 0 Å². The van der Waals surface area contributed by atoms with Crippen LogP contribution in [0.1, 0.15) is 10.4 Å². The molecule has 1 heterocycles. The number of nitrogens with zero attached hydrogens (tertiary/aromatic N) is 2. The third-order valence-electron chi connectivity index (χ3n) is 4.20. The number of anilines is 3. The average Bonchev–Trinajstić information content (AvgIpc) is 2.67. The summed E-state index contributed by atoms with van der Waals surface area (Å²) in [6.45, 7) is 0. The molecule has 0 spiro atoms. The number of nitrogens with one attached hydrogen (secondary N) is 1. The normalized spacial score (nSPS) is 10.7. The van der Waals surface area contributed by atoms with Crippen molar-refractivity contribution in [1.82, 2.24) is 9.97 Å². The van der Waals surface area contributed by atoms with Gasteiger partial charge in [-0.1, -0.05) is 52.3 Å². The van der Waals surface area contributed by atoms with E-state index in [0.29, 0.717) is 11.4 Å². The van der Waals surface area contributed by atoms with Crippen LogP contribution in [0.25, 0.3) is 22.0 Å². The molecule has 132 valence electrons. The number of nitrogens with two attached hydrogens (primary N) is 1. The highest BCUT2D eigenvalue weighted by molar-refractivity contribution is 9.10. The minimum Gasteiger partial charge on any atom is -0.368 e. The largest absolute Gasteiger partial charge is 0.368 e. The van der Waals surface area contributed by atoms with Gasteiger partial charge in [-0.15, -0.1) is 0 Å². The predicted octanol–water partition coefficient (Wildman–Crippen LogP) is 5.20. The zero-order valence-corrected chi connectivity index (χ0v) is 15.8. The first-order valence-electron chi connectivity index (χ1n) is 8.28. The molecule has 0 aliphatic carbocycles. The number of aldehydes is 1. The minimum absolute atomic E-state index is 0.195. The van der Waals surface area contributed by atoms with Gasteiger partial charge in [-0.05, 0) is 41.5 Å². The van der Waals surface area contributed by atoms with Gasteiger partial charge >= 0.3 is 0 Å². The lowest BCUT2D eigenvalue weighted by Crippen LogP contribution is -2.01. The van der Waals surface area contributed by atoms with E-state index in [-0.39, 0.29) is 5.95 Å². The monoisotopic (exact) mass is 418 g/mol. The molecule has 6 heteroatoms. The lowest BCUT2D eigenvalue weighted by Gasteiger charge is -2.12. The summed E-state index contributed by atoms with van der Waals surface area (Å²) in [7, 11) is 0. The zero-order chi connectivity index (χ0) is 18.8. The zero-order valence-electron chi connectivity index (χ0n) is 14.2. The number of hydrogen-bond acceptors (Lipinski definition) is 5. The van der Waals surface area contributed by atoms with Crippen molar-refractivity contribution in [3.8, 4) is 11.1 Å². The van der Waals surface area contributed by atoms with Crippen LogP contribution in [0.5, 0.6) is 0 Å². The molecule has 1 aromatic heterocycles. The molecule has 0 amide bonds. The molecular weight excluding hydrogens is 404 g/mol. The van der Waals surface area contributed by atoms with Gasteiger partial charge in [-0.25, -0.2) is 4.98 Å². The van der Waals surface area contributed by atoms with Crippen LogP contribution in [0.2, 0.25) is 0 Å². The van der Waals surface area contributed by atoms with Gasteiger partial charge in [0.25, 0.3) is 0 Å². The van der Waals surface area contributed by atoms with E-state index in [1.54, 1.807) is 6.07 Å². The van der Waals surface area contributed by atoms with Crippen molar-refractivity contribution >= 4 is 50.6 Å². The summed E-state index contributed by atoms with van der Waals surface area (Å²) in [5, 5.41) is 4.13. The minimum atomic E-state index is 0.195. The fourth-order valence-corrected chi connectivity index (χ4v) is 3.37. The molecule has 0 aliphatic rings. The highest BCUT2D eigenvalue weighted by atomic mass is 79.9. The Kier molecular flexibility index (Phi) is 4.56. The van der Waals surface area contributed by atoms with E-state index in [0.717, 1.165) is 38.5 Å². The van der Waals surface area contributed by atoms with E-state index >= 15 is 0 Å². The van der Waals surface area contributed by atoms with Crippen LogP contribution in [0.3, 0.4) is 0 Å². The van der Waals surface area contributed by atoms with Crippen molar-refractivity contribution in [3.63, 3.8) is 0 Å². The molecule has 4 rings (SSSR count). The summed E-state index contributed by atoms with van der Waals surface area (Å²) in [6, 6.07) is 21.0. The van der Waals surface area contributed by atoms with Gasteiger partial charge in [-0.2, -0.15) is 4.98 Å². The Morgan fingerprint density at radius 3 is 2.63 bits per heavy atom. The molecule has 0 bridgehead atoms. The maximum absolute atomic E-state index is 11.4. The van der Waals surface area contributed by atoms with Crippen molar-refractivity contribution in [3.05, 3.63) is 76.8 Å². The Morgan fingerprint density at radius 1 is 0.963 bits per heavy atom. The van der Waals surface area contributed by atoms with E-state index < -0.39 is 0 Å². The SMILES string of the molecule is Nc1nc(Nc2cccc(Br)c2)c2cc(-c3ccccc3C=O)ccc2n1. The Labute approximate surface area is 164 Å². The highest BCUT2D eigenvalue weighted by Crippen LogP contribution is 2.31. The van der Waals surface area contributed by atoms with Crippen LogP contribution < -0.4 is 11.1 Å². The van der Waals surface area contributed by atoms with E-state index in [2.05, 4.69) is 31.2 Å². The van der Waals surface area contributed by atoms with Crippen LogP contribution in [-0.4, -0.2) is 16.3 Å². The highest BCUT2D eigenvalue weighted by Gasteiger charge is 2.10. The molecule has 0 unspecified atom stereocenters. The maximum atomic E-state index is 11.4. The molecular formula is C21H15BrN4O. The molecule has 0 aliphatic heterocycles. The van der Waals surface area contributed by atoms with E-state index in [9.17, 15) is 4.79 Å². The summed E-state index contributed by atoms with van der Waals surface area (Å²) < 4.78 is 0.958. The van der Waals surface area contributed by atoms with Gasteiger partial charge in [0.15, 0.2) is 6.29 Å². The van der Waals surface area contributed by atoms with Gasteiger partial charge < -0.3 is 11.1 Å². The third-order valence-corrected chi connectivity index (χ3v) is 4.69. The lowest BCUT2D eigenvalue weighted by molar-refractivity contribution is 0.112. The predicted molar refractivity (Wildman–Crippen MR) is 112 cm³/mol. The average molecular weight is 419 g/mol. The molecule has 0 saturated carbocycles. The second-order valence-electron chi connectivity index (χ2n) is 6.00. The third kappa shape index (κ3) is 3.52. The molecule has 5 nitrogen and oxygen atoms in total. The van der Waals surface area contributed by atoms with Gasteiger partial charge in [0, 0.05) is 21.1 Å². The smallest absolute Gasteiger partial charge is 0.222 e. The first-order chi connectivity index (χ1) is 13.1. The summed E-state index contributed by atoms with van der Waals surface area (Å²) in [5.41, 5.74) is 9.90. The van der Waals surface area contributed by atoms with E-state index in [4.69, 9.17) is 5.73 Å². The van der Waals surface area contributed by atoms with Crippen LogP contribution in [-0.2, 0) is 0 Å². The van der Waals surface area contributed by atoms with E-state index in [1.807, 2.05) is 60.7 Å². The fraction of sp³-hybridized carbons (Fsp3) is 0. The molecule has 0 saturated heterocycles. The Hall–Kier alpha value is -3.25. The lowest BCUT2D eigenvalue weighted by atomic mass is 9.99. The van der Waals surface area contributed by atoms with Gasteiger partial charge in [0.2, 0.25) is 5.95 Å². The Morgan fingerprint density at radius 2 is 1.81 bits per heavy atom. The second kappa shape index (κ2) is 7.17. The topological polar surface area (TPSA) is 80.9 Å². The standard InChI is InChI=1S/C21H15BrN4O/c22-15-5-3-6-16(11-15)24-20-18-10-13(8-9-19(18)25-21(23)26-20)17-7-2-1-4-14(17)12-27/h1-12H,(H3,23,24,25,26). The summed E-state index contributed by atoms with van der Waals surface area (Å²) in [6.07, 6.45) is 0.861. The molecule has 0 radical (unpaired) electrons. The number of benzene rings is 3. The molecule has 3 N–H and O–H groups in total. The van der Waals surface area contributed by atoms with Crippen molar-refractivity contribution in [2.75, 3.05) is 11.1 Å². The Bertz CT molecular complexity index is 1160. The number of carbonyl (C=O) groups excluding carboxylic acids is 1. The number of aromatic nitrogens is 2. The summed E-state index contributed by atoms with van der Waals surface area (Å²) >= 11 is 3.47. The number of fused-ring (bicyclic) bond motifs is 1. The number of hydrogen-bond donors (Lipinski definition) is 2. The Balaban J connectivity index is 1.87. The van der Waals surface area contributed by atoms with Crippen LogP contribution in [0.4, 0.5) is 17.5 Å². The van der Waals surface area contributed by atoms with Crippen molar-refractivity contribution < 1.29 is 4.79 Å². The van der Waals surface area contributed by atoms with Gasteiger partial charge in [-0.3, -0.25) is 4.79 Å². The van der Waals surface area contributed by atoms with Gasteiger partial charge in [0.1, 0.15) is 5.82 Å². The van der Waals surface area contributed by atoms with Crippen molar-refractivity contribution in [2.45, 2.75) is 0 Å². The molecule has 0 atom stereocenters. The summed E-state index contributed by atoms with van der Waals surface area (Å²) in [4.78, 5) is 20.1. The number of rotatable bonds is 4. The summed E-state index contributed by atoms with van der Waals surface area (Å²) in [5.74, 6) is 0.807. The fourth-order valence-electron chi connectivity index (χ4n) is 2.97.